The molecule has 34 heavy (non-hydrogen) atoms. The summed E-state index contributed by atoms with van der Waals surface area (Å²) in [5.74, 6) is 3.33. The van der Waals surface area contributed by atoms with Gasteiger partial charge < -0.3 is 19.9 Å². The Hall–Kier alpha value is -3.88. The zero-order valence-corrected chi connectivity index (χ0v) is 18.9. The first-order chi connectivity index (χ1) is 16.7. The van der Waals surface area contributed by atoms with E-state index in [1.807, 2.05) is 24.3 Å². The number of nitrogens with zero attached hydrogens (tertiary/aromatic N) is 4. The van der Waals surface area contributed by atoms with Crippen LogP contribution < -0.4 is 20.9 Å². The summed E-state index contributed by atoms with van der Waals surface area (Å²) in [7, 11) is 1.62. The van der Waals surface area contributed by atoms with Gasteiger partial charge in [0.05, 0.1) is 19.0 Å². The summed E-state index contributed by atoms with van der Waals surface area (Å²) < 4.78 is 12.2. The van der Waals surface area contributed by atoms with Crippen LogP contribution in [0.15, 0.2) is 58.1 Å². The van der Waals surface area contributed by atoms with E-state index in [2.05, 4.69) is 25.8 Å². The molecule has 0 bridgehead atoms. The average molecular weight is 459 g/mol. The van der Waals surface area contributed by atoms with Gasteiger partial charge in [0.1, 0.15) is 11.6 Å². The maximum Gasteiger partial charge on any atom is 0.263 e. The van der Waals surface area contributed by atoms with E-state index >= 15 is 0 Å². The molecule has 0 spiro atoms. The van der Waals surface area contributed by atoms with Crippen LogP contribution in [0, 0.1) is 0 Å². The smallest absolute Gasteiger partial charge is 0.263 e. The van der Waals surface area contributed by atoms with Gasteiger partial charge in [0, 0.05) is 29.6 Å². The average Bonchev–Trinajstić information content (AvgIpc) is 3.46. The third kappa shape index (κ3) is 4.09. The second kappa shape index (κ2) is 8.48. The van der Waals surface area contributed by atoms with Crippen molar-refractivity contribution in [3.63, 3.8) is 0 Å². The van der Waals surface area contributed by atoms with E-state index in [1.165, 1.54) is 0 Å². The molecule has 3 aromatic heterocycles. The lowest BCUT2D eigenvalue weighted by Crippen LogP contribution is -2.22. The van der Waals surface area contributed by atoms with E-state index < -0.39 is 0 Å². The van der Waals surface area contributed by atoms with Gasteiger partial charge in [-0.05, 0) is 79.0 Å². The Morgan fingerprint density at radius 3 is 2.68 bits per heavy atom. The summed E-state index contributed by atoms with van der Waals surface area (Å²) >= 11 is 0. The lowest BCUT2D eigenvalue weighted by molar-refractivity contribution is 0.379. The molecule has 0 unspecified atom stereocenters. The van der Waals surface area contributed by atoms with Crippen LogP contribution in [-0.2, 0) is 0 Å². The van der Waals surface area contributed by atoms with Crippen LogP contribution in [0.25, 0.3) is 16.5 Å². The normalized spacial score (nSPS) is 19.9. The molecule has 2 atom stereocenters. The highest BCUT2D eigenvalue weighted by Gasteiger charge is 2.31. The molecule has 2 aliphatic carbocycles. The van der Waals surface area contributed by atoms with E-state index in [1.54, 1.807) is 36.2 Å². The van der Waals surface area contributed by atoms with Gasteiger partial charge in [-0.15, -0.1) is 0 Å². The van der Waals surface area contributed by atoms with Gasteiger partial charge in [-0.3, -0.25) is 9.36 Å². The van der Waals surface area contributed by atoms with Gasteiger partial charge >= 0.3 is 0 Å². The summed E-state index contributed by atoms with van der Waals surface area (Å²) in [5.41, 5.74) is 0.640. The molecule has 4 aromatic rings. The molecule has 0 aliphatic heterocycles. The molecule has 2 saturated carbocycles. The fourth-order valence-corrected chi connectivity index (χ4v) is 4.60. The van der Waals surface area contributed by atoms with Crippen LogP contribution in [0.2, 0.25) is 0 Å². The van der Waals surface area contributed by atoms with Crippen molar-refractivity contribution in [3.05, 3.63) is 65.0 Å². The number of hydrogen-bond donors (Lipinski definition) is 2. The zero-order valence-electron chi connectivity index (χ0n) is 18.9. The maximum absolute atomic E-state index is 13.0. The SMILES string of the molecule is COc1ccc2c(=O)n(-c3ccc(N[C@H]4CC[C@H](Nc5noc(C6CC6)n5)C4)nc3)ccc2c1. The number of methoxy groups -OCH3 is 1. The first-order valence-electron chi connectivity index (χ1n) is 11.7. The van der Waals surface area contributed by atoms with Crippen molar-refractivity contribution in [2.24, 2.45) is 0 Å². The molecule has 174 valence electrons. The lowest BCUT2D eigenvalue weighted by atomic mass is 10.1. The van der Waals surface area contributed by atoms with Crippen molar-refractivity contribution in [1.29, 1.82) is 0 Å². The quantitative estimate of drug-likeness (QED) is 0.426. The summed E-state index contributed by atoms with van der Waals surface area (Å²) in [6.45, 7) is 0. The maximum atomic E-state index is 13.0. The number of ether oxygens (including phenoxy) is 1. The Kier molecular flexibility index (Phi) is 5.16. The molecule has 3 heterocycles. The van der Waals surface area contributed by atoms with Crippen molar-refractivity contribution in [2.45, 2.75) is 50.1 Å². The van der Waals surface area contributed by atoms with E-state index in [9.17, 15) is 4.79 Å². The summed E-state index contributed by atoms with van der Waals surface area (Å²) in [6, 6.07) is 11.8. The second-order valence-electron chi connectivity index (χ2n) is 9.07. The summed E-state index contributed by atoms with van der Waals surface area (Å²) in [6.07, 6.45) is 8.80. The molecule has 1 aromatic carbocycles. The second-order valence-corrected chi connectivity index (χ2v) is 9.07. The highest BCUT2D eigenvalue weighted by molar-refractivity contribution is 5.83. The Morgan fingerprint density at radius 1 is 1.06 bits per heavy atom. The van der Waals surface area contributed by atoms with Crippen LogP contribution in [0.3, 0.4) is 0 Å². The topological polar surface area (TPSA) is 107 Å². The predicted octanol–water partition coefficient (Wildman–Crippen LogP) is 4.10. The van der Waals surface area contributed by atoms with Gasteiger partial charge in [0.15, 0.2) is 0 Å². The molecule has 9 heteroatoms. The molecule has 0 radical (unpaired) electrons. The number of nitrogens with one attached hydrogen (secondary N) is 2. The number of rotatable bonds is 7. The molecule has 2 aliphatic rings. The summed E-state index contributed by atoms with van der Waals surface area (Å²) in [5, 5.41) is 12.5. The van der Waals surface area contributed by atoms with Crippen LogP contribution in [-0.4, -0.2) is 38.9 Å². The number of benzene rings is 1. The van der Waals surface area contributed by atoms with Gasteiger partial charge in [0.25, 0.3) is 11.5 Å². The number of pyridine rings is 2. The van der Waals surface area contributed by atoms with Gasteiger partial charge in [0.2, 0.25) is 5.89 Å². The highest BCUT2D eigenvalue weighted by Crippen LogP contribution is 2.39. The van der Waals surface area contributed by atoms with E-state index in [0.717, 1.165) is 60.6 Å². The van der Waals surface area contributed by atoms with Gasteiger partial charge in [-0.2, -0.15) is 4.98 Å². The highest BCUT2D eigenvalue weighted by atomic mass is 16.5. The number of anilines is 2. The molecule has 9 nitrogen and oxygen atoms in total. The molecular formula is C25H26N6O3. The number of aromatic nitrogens is 4. The third-order valence-electron chi connectivity index (χ3n) is 6.62. The molecule has 0 saturated heterocycles. The molecule has 6 rings (SSSR count). The van der Waals surface area contributed by atoms with E-state index in [0.29, 0.717) is 29.3 Å². The van der Waals surface area contributed by atoms with Crippen molar-refractivity contribution >= 4 is 22.5 Å². The Bertz CT molecular complexity index is 1380. The molecule has 2 fully saturated rings. The van der Waals surface area contributed by atoms with Crippen LogP contribution in [0.1, 0.15) is 43.9 Å². The van der Waals surface area contributed by atoms with E-state index in [4.69, 9.17) is 9.26 Å². The van der Waals surface area contributed by atoms with Crippen molar-refractivity contribution in [2.75, 3.05) is 17.7 Å². The van der Waals surface area contributed by atoms with Crippen molar-refractivity contribution < 1.29 is 9.26 Å². The third-order valence-corrected chi connectivity index (χ3v) is 6.62. The van der Waals surface area contributed by atoms with Crippen LogP contribution >= 0.6 is 0 Å². The number of fused-ring (bicyclic) bond motifs is 1. The number of hydrogen-bond acceptors (Lipinski definition) is 8. The summed E-state index contributed by atoms with van der Waals surface area (Å²) in [4.78, 5) is 22.0. The molecule has 0 amide bonds. The minimum atomic E-state index is -0.0846. The van der Waals surface area contributed by atoms with Gasteiger partial charge in [-0.1, -0.05) is 0 Å². The fourth-order valence-electron chi connectivity index (χ4n) is 4.60. The van der Waals surface area contributed by atoms with E-state index in [-0.39, 0.29) is 5.56 Å². The zero-order chi connectivity index (χ0) is 23.1. The minimum Gasteiger partial charge on any atom is -0.497 e. The van der Waals surface area contributed by atoms with Crippen molar-refractivity contribution in [1.82, 2.24) is 19.7 Å². The standard InChI is InChI=1S/C25H26N6O3/c1-33-20-7-8-21-16(12-20)10-11-31(24(21)32)19-6-9-22(26-14-19)27-17-4-5-18(13-17)28-25-29-23(34-30-25)15-2-3-15/h6-12,14-15,17-18H,2-5,13H2,1H3,(H,26,27)(H,28,30)/t17-,18-/m0/s1. The van der Waals surface area contributed by atoms with Gasteiger partial charge in [-0.25, -0.2) is 4.98 Å². The Morgan fingerprint density at radius 2 is 1.91 bits per heavy atom. The Balaban J connectivity index is 1.10. The first-order valence-corrected chi connectivity index (χ1v) is 11.7. The molecular weight excluding hydrogens is 432 g/mol. The van der Waals surface area contributed by atoms with Crippen LogP contribution in [0.4, 0.5) is 11.8 Å². The fraction of sp³-hybridized carbons (Fsp3) is 0.360. The predicted molar refractivity (Wildman–Crippen MR) is 129 cm³/mol. The Labute approximate surface area is 196 Å². The largest absolute Gasteiger partial charge is 0.497 e. The van der Waals surface area contributed by atoms with Crippen LogP contribution in [0.5, 0.6) is 5.75 Å². The lowest BCUT2D eigenvalue weighted by Gasteiger charge is -2.15. The molecule has 2 N–H and O–H groups in total. The first kappa shape index (κ1) is 20.7. The van der Waals surface area contributed by atoms with Crippen molar-refractivity contribution in [3.8, 4) is 11.4 Å². The monoisotopic (exact) mass is 458 g/mol. The minimum absolute atomic E-state index is 0.0846.